The molecule has 0 spiro atoms. The Morgan fingerprint density at radius 3 is 2.90 bits per heavy atom. The molecule has 0 atom stereocenters. The summed E-state index contributed by atoms with van der Waals surface area (Å²) in [6.45, 7) is 3.80. The highest BCUT2D eigenvalue weighted by Crippen LogP contribution is 2.37. The highest BCUT2D eigenvalue weighted by molar-refractivity contribution is 5.73. The van der Waals surface area contributed by atoms with Crippen molar-refractivity contribution < 1.29 is 4.74 Å². The van der Waals surface area contributed by atoms with Crippen molar-refractivity contribution in [2.45, 2.75) is 19.8 Å². The average Bonchev–Trinajstić information content (AvgIpc) is 2.90. The van der Waals surface area contributed by atoms with Gasteiger partial charge in [0.05, 0.1) is 12.3 Å². The maximum atomic E-state index is 5.98. The van der Waals surface area contributed by atoms with Gasteiger partial charge in [-0.15, -0.1) is 0 Å². The van der Waals surface area contributed by atoms with Crippen LogP contribution in [0.4, 0.5) is 17.1 Å². The van der Waals surface area contributed by atoms with Gasteiger partial charge in [0.15, 0.2) is 0 Å². The van der Waals surface area contributed by atoms with Crippen LogP contribution < -0.4 is 15.4 Å². The normalized spacial score (nSPS) is 13.3. The summed E-state index contributed by atoms with van der Waals surface area (Å²) in [5.41, 5.74) is 10.5. The van der Waals surface area contributed by atoms with Crippen molar-refractivity contribution in [1.82, 2.24) is 0 Å². The van der Waals surface area contributed by atoms with E-state index in [-0.39, 0.29) is 0 Å². The number of para-hydroxylation sites is 1. The first-order chi connectivity index (χ1) is 9.79. The van der Waals surface area contributed by atoms with Crippen molar-refractivity contribution in [3.63, 3.8) is 0 Å². The van der Waals surface area contributed by atoms with E-state index in [1.807, 2.05) is 12.1 Å². The summed E-state index contributed by atoms with van der Waals surface area (Å²) in [6, 6.07) is 14.6. The Hall–Kier alpha value is -2.16. The van der Waals surface area contributed by atoms with Crippen LogP contribution in [0, 0.1) is 0 Å². The summed E-state index contributed by atoms with van der Waals surface area (Å²) < 4.78 is 5.72. The number of nitrogens with two attached hydrogens (primary N) is 1. The smallest absolute Gasteiger partial charge is 0.144 e. The van der Waals surface area contributed by atoms with Crippen molar-refractivity contribution in [2.75, 3.05) is 23.8 Å². The third-order valence-electron chi connectivity index (χ3n) is 3.66. The summed E-state index contributed by atoms with van der Waals surface area (Å²) in [4.78, 5) is 2.33. The van der Waals surface area contributed by atoms with Gasteiger partial charge in [0.1, 0.15) is 5.75 Å². The minimum absolute atomic E-state index is 0.699. The van der Waals surface area contributed by atoms with E-state index in [1.165, 1.54) is 11.3 Å². The minimum Gasteiger partial charge on any atom is -0.491 e. The lowest BCUT2D eigenvalue weighted by Gasteiger charge is -2.21. The Bertz CT molecular complexity index is 610. The number of ether oxygens (including phenoxy) is 1. The summed E-state index contributed by atoms with van der Waals surface area (Å²) in [7, 11) is 0. The molecule has 0 bridgehead atoms. The summed E-state index contributed by atoms with van der Waals surface area (Å²) in [5.74, 6) is 0.786. The number of nitrogens with zero attached hydrogens (tertiary/aromatic N) is 1. The summed E-state index contributed by atoms with van der Waals surface area (Å²) in [5, 5.41) is 0. The number of hydrogen-bond acceptors (Lipinski definition) is 3. The van der Waals surface area contributed by atoms with Crippen molar-refractivity contribution >= 4 is 17.1 Å². The van der Waals surface area contributed by atoms with Gasteiger partial charge in [0.2, 0.25) is 0 Å². The molecule has 2 N–H and O–H groups in total. The third kappa shape index (κ3) is 2.31. The van der Waals surface area contributed by atoms with Gasteiger partial charge in [0.25, 0.3) is 0 Å². The molecule has 20 heavy (non-hydrogen) atoms. The van der Waals surface area contributed by atoms with E-state index in [4.69, 9.17) is 10.5 Å². The Morgan fingerprint density at radius 2 is 2.05 bits per heavy atom. The van der Waals surface area contributed by atoms with Gasteiger partial charge < -0.3 is 15.4 Å². The molecule has 2 aromatic rings. The van der Waals surface area contributed by atoms with Crippen LogP contribution in [0.2, 0.25) is 0 Å². The zero-order valence-corrected chi connectivity index (χ0v) is 11.8. The van der Waals surface area contributed by atoms with E-state index < -0.39 is 0 Å². The van der Waals surface area contributed by atoms with Crippen molar-refractivity contribution in [2.24, 2.45) is 0 Å². The molecule has 1 heterocycles. The molecular formula is C17H20N2O. The molecule has 2 aromatic carbocycles. The van der Waals surface area contributed by atoms with Crippen LogP contribution in [0.15, 0.2) is 42.5 Å². The second-order valence-corrected chi connectivity index (χ2v) is 5.10. The summed E-state index contributed by atoms with van der Waals surface area (Å²) in [6.07, 6.45) is 2.07. The molecule has 3 rings (SSSR count). The first-order valence-electron chi connectivity index (χ1n) is 7.17. The molecule has 0 unspecified atom stereocenters. The molecule has 3 heteroatoms. The fraction of sp³-hybridized carbons (Fsp3) is 0.294. The van der Waals surface area contributed by atoms with Crippen LogP contribution in [-0.2, 0) is 6.42 Å². The highest BCUT2D eigenvalue weighted by Gasteiger charge is 2.20. The lowest BCUT2D eigenvalue weighted by Crippen LogP contribution is -2.13. The molecule has 3 nitrogen and oxygen atoms in total. The van der Waals surface area contributed by atoms with Crippen molar-refractivity contribution in [3.05, 3.63) is 48.0 Å². The molecule has 104 valence electrons. The number of rotatable bonds is 4. The first kappa shape index (κ1) is 12.9. The zero-order chi connectivity index (χ0) is 13.9. The predicted molar refractivity (Wildman–Crippen MR) is 83.8 cm³/mol. The largest absolute Gasteiger partial charge is 0.491 e. The highest BCUT2D eigenvalue weighted by atomic mass is 16.5. The molecule has 0 aromatic heterocycles. The van der Waals surface area contributed by atoms with Crippen LogP contribution in [-0.4, -0.2) is 13.2 Å². The van der Waals surface area contributed by atoms with Crippen LogP contribution >= 0.6 is 0 Å². The summed E-state index contributed by atoms with van der Waals surface area (Å²) >= 11 is 0. The fourth-order valence-corrected chi connectivity index (χ4v) is 2.63. The number of anilines is 3. The molecule has 0 radical (unpaired) electrons. The van der Waals surface area contributed by atoms with E-state index in [2.05, 4.69) is 42.2 Å². The van der Waals surface area contributed by atoms with Gasteiger partial charge >= 0.3 is 0 Å². The third-order valence-corrected chi connectivity index (χ3v) is 3.66. The van der Waals surface area contributed by atoms with Crippen LogP contribution in [0.5, 0.6) is 5.75 Å². The maximum Gasteiger partial charge on any atom is 0.144 e. The molecule has 0 fully saturated rings. The average molecular weight is 268 g/mol. The minimum atomic E-state index is 0.699. The molecule has 0 amide bonds. The van der Waals surface area contributed by atoms with E-state index in [0.29, 0.717) is 12.3 Å². The molecule has 0 aliphatic carbocycles. The molecule has 0 saturated carbocycles. The van der Waals surface area contributed by atoms with E-state index in [0.717, 1.165) is 30.8 Å². The monoisotopic (exact) mass is 268 g/mol. The quantitative estimate of drug-likeness (QED) is 0.858. The van der Waals surface area contributed by atoms with Gasteiger partial charge in [0, 0.05) is 24.0 Å². The molecule has 1 aliphatic heterocycles. The van der Waals surface area contributed by atoms with Gasteiger partial charge in [-0.25, -0.2) is 0 Å². The van der Waals surface area contributed by atoms with Gasteiger partial charge in [-0.2, -0.15) is 0 Å². The van der Waals surface area contributed by atoms with Gasteiger partial charge in [-0.3, -0.25) is 0 Å². The van der Waals surface area contributed by atoms with E-state index >= 15 is 0 Å². The lowest BCUT2D eigenvalue weighted by atomic mass is 10.2. The number of fused-ring (bicyclic) bond motifs is 1. The number of benzene rings is 2. The van der Waals surface area contributed by atoms with Gasteiger partial charge in [-0.1, -0.05) is 25.1 Å². The van der Waals surface area contributed by atoms with E-state index in [9.17, 15) is 0 Å². The Labute approximate surface area is 120 Å². The van der Waals surface area contributed by atoms with Crippen LogP contribution in [0.25, 0.3) is 0 Å². The van der Waals surface area contributed by atoms with Gasteiger partial charge in [-0.05, 0) is 36.6 Å². The van der Waals surface area contributed by atoms with Crippen LogP contribution in [0.3, 0.4) is 0 Å². The number of hydrogen-bond donors (Lipinski definition) is 1. The SMILES string of the molecule is CCCOc1cc(N2CCc3ccccc32)ccc1N. The Morgan fingerprint density at radius 1 is 1.20 bits per heavy atom. The standard InChI is InChI=1S/C17H20N2O/c1-2-11-20-17-12-14(7-8-15(17)18)19-10-9-13-5-3-4-6-16(13)19/h3-8,12H,2,9-11,18H2,1H3. The lowest BCUT2D eigenvalue weighted by molar-refractivity contribution is 0.319. The Balaban J connectivity index is 1.92. The molecular weight excluding hydrogens is 248 g/mol. The topological polar surface area (TPSA) is 38.5 Å². The fourth-order valence-electron chi connectivity index (χ4n) is 2.63. The second-order valence-electron chi connectivity index (χ2n) is 5.10. The van der Waals surface area contributed by atoms with Crippen molar-refractivity contribution in [1.29, 1.82) is 0 Å². The predicted octanol–water partition coefficient (Wildman–Crippen LogP) is 3.75. The molecule has 1 aliphatic rings. The second kappa shape index (κ2) is 5.45. The zero-order valence-electron chi connectivity index (χ0n) is 11.8. The van der Waals surface area contributed by atoms with Crippen molar-refractivity contribution in [3.8, 4) is 5.75 Å². The van der Waals surface area contributed by atoms with E-state index in [1.54, 1.807) is 0 Å². The number of nitrogen functional groups attached to an aromatic ring is 1. The maximum absolute atomic E-state index is 5.98. The Kier molecular flexibility index (Phi) is 3.50. The van der Waals surface area contributed by atoms with Crippen LogP contribution in [0.1, 0.15) is 18.9 Å². The first-order valence-corrected chi connectivity index (χ1v) is 7.17. The molecule has 0 saturated heterocycles.